The van der Waals surface area contributed by atoms with Gasteiger partial charge in [-0.15, -0.1) is 0 Å². The normalized spacial score (nSPS) is 12.2. The fourth-order valence-corrected chi connectivity index (χ4v) is 2.63. The molecule has 2 aromatic heterocycles. The lowest BCUT2D eigenvalue weighted by Crippen LogP contribution is -2.09. The Morgan fingerprint density at radius 2 is 1.71 bits per heavy atom. The van der Waals surface area contributed by atoms with Gasteiger partial charge in [-0.3, -0.25) is 0 Å². The van der Waals surface area contributed by atoms with Gasteiger partial charge in [0, 0.05) is 17.0 Å². The summed E-state index contributed by atoms with van der Waals surface area (Å²) >= 11 is 0. The van der Waals surface area contributed by atoms with Crippen LogP contribution in [0.1, 0.15) is 18.7 Å². The van der Waals surface area contributed by atoms with Crippen molar-refractivity contribution in [1.29, 1.82) is 0 Å². The predicted molar refractivity (Wildman–Crippen MR) is 93.5 cm³/mol. The zero-order chi connectivity index (χ0) is 16.4. The molecule has 0 amide bonds. The van der Waals surface area contributed by atoms with Crippen LogP contribution in [0.2, 0.25) is 0 Å². The Bertz CT molecular complexity index is 952. The van der Waals surface area contributed by atoms with Crippen molar-refractivity contribution >= 4 is 16.7 Å². The smallest absolute Gasteiger partial charge is 0.162 e. The molecule has 2 heterocycles. The van der Waals surface area contributed by atoms with Crippen LogP contribution in [-0.2, 0) is 0 Å². The first-order valence-corrected chi connectivity index (χ1v) is 7.80. The molecule has 0 saturated carbocycles. The maximum Gasteiger partial charge on any atom is 0.162 e. The summed E-state index contributed by atoms with van der Waals surface area (Å²) in [5.41, 5.74) is 2.72. The van der Waals surface area contributed by atoms with Crippen molar-refractivity contribution in [3.8, 4) is 11.4 Å². The predicted octanol–water partition coefficient (Wildman–Crippen LogP) is 4.46. The van der Waals surface area contributed by atoms with Crippen LogP contribution in [0.4, 0.5) is 5.82 Å². The summed E-state index contributed by atoms with van der Waals surface area (Å²) in [6.07, 6.45) is 1.57. The standard InChI is InChI=1S/C19H16N4O/c1-13(16-11-12-24-23-16)20-19-15-9-5-6-10-17(15)21-18(22-19)14-7-3-2-4-8-14/h2-13H,1H3,(H,20,21,22)/t13-/m1/s1. The zero-order valence-corrected chi connectivity index (χ0v) is 13.2. The van der Waals surface area contributed by atoms with Gasteiger partial charge in [-0.05, 0) is 19.1 Å². The van der Waals surface area contributed by atoms with Crippen molar-refractivity contribution < 1.29 is 4.52 Å². The van der Waals surface area contributed by atoms with Gasteiger partial charge in [-0.25, -0.2) is 9.97 Å². The number of benzene rings is 2. The van der Waals surface area contributed by atoms with Crippen molar-refractivity contribution in [2.24, 2.45) is 0 Å². The Hall–Kier alpha value is -3.21. The van der Waals surface area contributed by atoms with Gasteiger partial charge in [0.15, 0.2) is 5.82 Å². The first-order chi connectivity index (χ1) is 11.8. The van der Waals surface area contributed by atoms with Crippen molar-refractivity contribution in [3.05, 3.63) is 72.6 Å². The van der Waals surface area contributed by atoms with E-state index in [9.17, 15) is 0 Å². The quantitative estimate of drug-likeness (QED) is 0.602. The van der Waals surface area contributed by atoms with Crippen LogP contribution in [0, 0.1) is 0 Å². The van der Waals surface area contributed by atoms with Crippen molar-refractivity contribution in [2.75, 3.05) is 5.32 Å². The highest BCUT2D eigenvalue weighted by Crippen LogP contribution is 2.27. The summed E-state index contributed by atoms with van der Waals surface area (Å²) in [7, 11) is 0. The number of fused-ring (bicyclic) bond motifs is 1. The number of para-hydroxylation sites is 1. The highest BCUT2D eigenvalue weighted by Gasteiger charge is 2.13. The van der Waals surface area contributed by atoms with E-state index in [0.29, 0.717) is 5.82 Å². The average molecular weight is 316 g/mol. The van der Waals surface area contributed by atoms with Gasteiger partial charge in [0.25, 0.3) is 0 Å². The number of hydrogen-bond acceptors (Lipinski definition) is 5. The van der Waals surface area contributed by atoms with Crippen LogP contribution < -0.4 is 5.32 Å². The molecule has 0 fully saturated rings. The lowest BCUT2D eigenvalue weighted by molar-refractivity contribution is 0.409. The number of anilines is 1. The largest absolute Gasteiger partial charge is 0.364 e. The Morgan fingerprint density at radius 3 is 2.50 bits per heavy atom. The molecule has 24 heavy (non-hydrogen) atoms. The highest BCUT2D eigenvalue weighted by atomic mass is 16.5. The highest BCUT2D eigenvalue weighted by molar-refractivity contribution is 5.90. The maximum atomic E-state index is 4.93. The Balaban J connectivity index is 1.81. The molecule has 0 unspecified atom stereocenters. The lowest BCUT2D eigenvalue weighted by atomic mass is 10.1. The molecule has 5 heteroatoms. The van der Waals surface area contributed by atoms with Gasteiger partial charge in [-0.1, -0.05) is 47.6 Å². The molecular weight excluding hydrogens is 300 g/mol. The molecule has 0 saturated heterocycles. The molecule has 118 valence electrons. The first kappa shape index (κ1) is 14.4. The Labute approximate surface area is 139 Å². The molecule has 2 aromatic carbocycles. The second-order valence-corrected chi connectivity index (χ2v) is 5.57. The summed E-state index contributed by atoms with van der Waals surface area (Å²) in [4.78, 5) is 9.43. The number of hydrogen-bond donors (Lipinski definition) is 1. The molecule has 0 aliphatic heterocycles. The minimum absolute atomic E-state index is 0.0225. The third-order valence-electron chi connectivity index (χ3n) is 3.89. The van der Waals surface area contributed by atoms with E-state index in [1.54, 1.807) is 6.26 Å². The molecule has 1 atom stereocenters. The van der Waals surface area contributed by atoms with Crippen molar-refractivity contribution in [2.45, 2.75) is 13.0 Å². The van der Waals surface area contributed by atoms with E-state index in [4.69, 9.17) is 14.5 Å². The molecule has 0 aliphatic carbocycles. The monoisotopic (exact) mass is 316 g/mol. The Kier molecular flexibility index (Phi) is 3.67. The van der Waals surface area contributed by atoms with E-state index in [1.807, 2.05) is 67.6 Å². The van der Waals surface area contributed by atoms with Crippen molar-refractivity contribution in [3.63, 3.8) is 0 Å². The van der Waals surface area contributed by atoms with Gasteiger partial charge in [0.1, 0.15) is 17.8 Å². The lowest BCUT2D eigenvalue weighted by Gasteiger charge is -2.15. The SMILES string of the molecule is C[C@@H](Nc1nc(-c2ccccc2)nc2ccccc12)c1ccon1. The molecule has 0 spiro atoms. The molecule has 0 bridgehead atoms. The van der Waals surface area contributed by atoms with Gasteiger partial charge in [0.05, 0.1) is 11.6 Å². The molecule has 5 nitrogen and oxygen atoms in total. The molecular formula is C19H16N4O. The molecule has 4 aromatic rings. The van der Waals surface area contributed by atoms with Crippen LogP contribution in [0.25, 0.3) is 22.3 Å². The topological polar surface area (TPSA) is 63.8 Å². The molecule has 1 N–H and O–H groups in total. The van der Waals surface area contributed by atoms with E-state index in [0.717, 1.165) is 28.0 Å². The minimum atomic E-state index is -0.0225. The minimum Gasteiger partial charge on any atom is -0.364 e. The van der Waals surface area contributed by atoms with Gasteiger partial charge in [-0.2, -0.15) is 0 Å². The van der Waals surface area contributed by atoms with Crippen LogP contribution in [-0.4, -0.2) is 15.1 Å². The summed E-state index contributed by atoms with van der Waals surface area (Å²) in [6.45, 7) is 2.02. The average Bonchev–Trinajstić information content (AvgIpc) is 3.17. The van der Waals surface area contributed by atoms with Gasteiger partial charge in [0.2, 0.25) is 0 Å². The Morgan fingerprint density at radius 1 is 0.917 bits per heavy atom. The van der Waals surface area contributed by atoms with E-state index < -0.39 is 0 Å². The molecule has 0 aliphatic rings. The van der Waals surface area contributed by atoms with Crippen LogP contribution in [0.3, 0.4) is 0 Å². The number of aromatic nitrogens is 3. The zero-order valence-electron chi connectivity index (χ0n) is 13.2. The summed E-state index contributed by atoms with van der Waals surface area (Å²) in [6, 6.07) is 19.8. The third kappa shape index (κ3) is 2.72. The van der Waals surface area contributed by atoms with Crippen LogP contribution in [0.5, 0.6) is 0 Å². The van der Waals surface area contributed by atoms with Crippen LogP contribution >= 0.6 is 0 Å². The summed E-state index contributed by atoms with van der Waals surface area (Å²) in [5.74, 6) is 1.49. The second kappa shape index (κ2) is 6.12. The fraction of sp³-hybridized carbons (Fsp3) is 0.105. The maximum absolute atomic E-state index is 4.93. The van der Waals surface area contributed by atoms with E-state index in [2.05, 4.69) is 10.5 Å². The third-order valence-corrected chi connectivity index (χ3v) is 3.89. The molecule has 0 radical (unpaired) electrons. The van der Waals surface area contributed by atoms with E-state index in [-0.39, 0.29) is 6.04 Å². The van der Waals surface area contributed by atoms with E-state index >= 15 is 0 Å². The number of nitrogens with zero attached hydrogens (tertiary/aromatic N) is 3. The van der Waals surface area contributed by atoms with Crippen molar-refractivity contribution in [1.82, 2.24) is 15.1 Å². The van der Waals surface area contributed by atoms with Gasteiger partial charge >= 0.3 is 0 Å². The fourth-order valence-electron chi connectivity index (χ4n) is 2.63. The summed E-state index contributed by atoms with van der Waals surface area (Å²) in [5, 5.41) is 8.40. The van der Waals surface area contributed by atoms with E-state index in [1.165, 1.54) is 0 Å². The first-order valence-electron chi connectivity index (χ1n) is 7.80. The van der Waals surface area contributed by atoms with Crippen LogP contribution in [0.15, 0.2) is 71.4 Å². The second-order valence-electron chi connectivity index (χ2n) is 5.57. The molecule has 4 rings (SSSR count). The summed E-state index contributed by atoms with van der Waals surface area (Å²) < 4.78 is 4.93. The number of rotatable bonds is 4. The number of nitrogens with one attached hydrogen (secondary N) is 1. The van der Waals surface area contributed by atoms with Gasteiger partial charge < -0.3 is 9.84 Å².